The first kappa shape index (κ1) is 10.0. The van der Waals surface area contributed by atoms with Crippen molar-refractivity contribution in [2.45, 2.75) is 0 Å². The highest BCUT2D eigenvalue weighted by Gasteiger charge is 1.95. The summed E-state index contributed by atoms with van der Waals surface area (Å²) in [6.45, 7) is 0. The average Bonchev–Trinajstić information content (AvgIpc) is 2.28. The molecule has 1 aromatic carbocycles. The van der Waals surface area contributed by atoms with E-state index in [4.69, 9.17) is 11.5 Å². The van der Waals surface area contributed by atoms with Gasteiger partial charge in [-0.15, -0.1) is 5.10 Å². The molecule has 0 saturated heterocycles. The molecule has 1 heterocycles. The predicted molar refractivity (Wildman–Crippen MR) is 62.9 cm³/mol. The monoisotopic (exact) mass is 214 g/mol. The molecule has 0 atom stereocenters. The van der Waals surface area contributed by atoms with Crippen LogP contribution in [0.2, 0.25) is 0 Å². The number of rotatable bonds is 2. The summed E-state index contributed by atoms with van der Waals surface area (Å²) in [5, 5.41) is 7.13. The van der Waals surface area contributed by atoms with E-state index in [1.165, 1.54) is 6.21 Å². The Hall–Kier alpha value is -2.50. The van der Waals surface area contributed by atoms with Crippen molar-refractivity contribution >= 4 is 23.2 Å². The number of guanidine groups is 1. The van der Waals surface area contributed by atoms with Crippen molar-refractivity contribution in [1.29, 1.82) is 0 Å². The van der Waals surface area contributed by atoms with Gasteiger partial charge in [0.1, 0.15) is 5.69 Å². The molecule has 0 bridgehead atoms. The molecule has 0 radical (unpaired) electrons. The van der Waals surface area contributed by atoms with Crippen molar-refractivity contribution in [3.8, 4) is 0 Å². The van der Waals surface area contributed by atoms with Gasteiger partial charge in [0.15, 0.2) is 0 Å². The van der Waals surface area contributed by atoms with E-state index in [2.05, 4.69) is 20.2 Å². The fourth-order valence-electron chi connectivity index (χ4n) is 1.19. The molecule has 0 unspecified atom stereocenters. The van der Waals surface area contributed by atoms with Crippen LogP contribution in [0, 0.1) is 0 Å². The van der Waals surface area contributed by atoms with Gasteiger partial charge in [0.2, 0.25) is 5.96 Å². The lowest BCUT2D eigenvalue weighted by Gasteiger charge is -1.96. The Morgan fingerprint density at radius 2 is 1.94 bits per heavy atom. The van der Waals surface area contributed by atoms with Gasteiger partial charge in [-0.1, -0.05) is 12.1 Å². The molecule has 4 N–H and O–H groups in total. The van der Waals surface area contributed by atoms with Crippen molar-refractivity contribution < 1.29 is 0 Å². The SMILES string of the molecule is NC(N)=N/N=C\c1cnc2ccccc2n1. The second kappa shape index (κ2) is 4.35. The molecule has 0 spiro atoms. The summed E-state index contributed by atoms with van der Waals surface area (Å²) in [6.07, 6.45) is 3.05. The van der Waals surface area contributed by atoms with E-state index in [9.17, 15) is 0 Å². The largest absolute Gasteiger partial charge is 0.369 e. The lowest BCUT2D eigenvalue weighted by atomic mass is 10.3. The summed E-state index contributed by atoms with van der Waals surface area (Å²) < 4.78 is 0. The van der Waals surface area contributed by atoms with Crippen LogP contribution in [-0.2, 0) is 0 Å². The summed E-state index contributed by atoms with van der Waals surface area (Å²) in [4.78, 5) is 8.52. The van der Waals surface area contributed by atoms with Gasteiger partial charge in [0.05, 0.1) is 23.4 Å². The number of nitrogens with zero attached hydrogens (tertiary/aromatic N) is 4. The van der Waals surface area contributed by atoms with Crippen LogP contribution < -0.4 is 11.5 Å². The van der Waals surface area contributed by atoms with Crippen molar-refractivity contribution in [2.75, 3.05) is 0 Å². The van der Waals surface area contributed by atoms with Gasteiger partial charge in [-0.2, -0.15) is 5.10 Å². The minimum Gasteiger partial charge on any atom is -0.369 e. The van der Waals surface area contributed by atoms with Crippen molar-refractivity contribution in [1.82, 2.24) is 9.97 Å². The normalized spacial score (nSPS) is 10.8. The van der Waals surface area contributed by atoms with Gasteiger partial charge in [0.25, 0.3) is 0 Å². The van der Waals surface area contributed by atoms with Gasteiger partial charge < -0.3 is 11.5 Å². The van der Waals surface area contributed by atoms with Crippen LogP contribution in [0.4, 0.5) is 0 Å². The maximum absolute atomic E-state index is 5.13. The highest BCUT2D eigenvalue weighted by Crippen LogP contribution is 2.07. The molecule has 0 amide bonds. The summed E-state index contributed by atoms with van der Waals surface area (Å²) >= 11 is 0. The molecule has 0 aliphatic heterocycles. The van der Waals surface area contributed by atoms with E-state index in [1.54, 1.807) is 6.20 Å². The topological polar surface area (TPSA) is 103 Å². The van der Waals surface area contributed by atoms with Crippen molar-refractivity contribution in [3.63, 3.8) is 0 Å². The zero-order valence-corrected chi connectivity index (χ0v) is 8.41. The van der Waals surface area contributed by atoms with Crippen LogP contribution in [-0.4, -0.2) is 22.1 Å². The van der Waals surface area contributed by atoms with E-state index in [-0.39, 0.29) is 5.96 Å². The standard InChI is InChI=1S/C10H10N6/c11-10(12)16-14-6-7-5-13-8-3-1-2-4-9(8)15-7/h1-6H,(H4,11,12,16)/b14-6-. The van der Waals surface area contributed by atoms with E-state index >= 15 is 0 Å². The Morgan fingerprint density at radius 1 is 1.19 bits per heavy atom. The van der Waals surface area contributed by atoms with Gasteiger partial charge in [0, 0.05) is 0 Å². The molecule has 16 heavy (non-hydrogen) atoms. The number of nitrogens with two attached hydrogens (primary N) is 2. The third kappa shape index (κ3) is 2.30. The Balaban J connectivity index is 2.33. The average molecular weight is 214 g/mol. The van der Waals surface area contributed by atoms with Crippen LogP contribution >= 0.6 is 0 Å². The zero-order chi connectivity index (χ0) is 11.4. The fraction of sp³-hybridized carbons (Fsp3) is 0. The molecular weight excluding hydrogens is 204 g/mol. The summed E-state index contributed by atoms with van der Waals surface area (Å²) in [7, 11) is 0. The minimum absolute atomic E-state index is 0.0926. The number of benzene rings is 1. The number of aromatic nitrogens is 2. The predicted octanol–water partition coefficient (Wildman–Crippen LogP) is 0.237. The molecule has 6 heteroatoms. The van der Waals surface area contributed by atoms with E-state index in [0.717, 1.165) is 11.0 Å². The number of hydrogen-bond acceptors (Lipinski definition) is 4. The van der Waals surface area contributed by atoms with Crippen molar-refractivity contribution in [2.24, 2.45) is 21.7 Å². The third-order valence-corrected chi connectivity index (χ3v) is 1.83. The first-order valence-electron chi connectivity index (χ1n) is 4.59. The second-order valence-corrected chi connectivity index (χ2v) is 3.05. The number of para-hydroxylation sites is 2. The second-order valence-electron chi connectivity index (χ2n) is 3.05. The summed E-state index contributed by atoms with van der Waals surface area (Å²) in [6, 6.07) is 7.57. The van der Waals surface area contributed by atoms with Gasteiger partial charge in [-0.25, -0.2) is 4.98 Å². The van der Waals surface area contributed by atoms with Crippen LogP contribution in [0.25, 0.3) is 11.0 Å². The van der Waals surface area contributed by atoms with Gasteiger partial charge >= 0.3 is 0 Å². The van der Waals surface area contributed by atoms with Crippen LogP contribution in [0.5, 0.6) is 0 Å². The Kier molecular flexibility index (Phi) is 2.73. The Bertz CT molecular complexity index is 556. The summed E-state index contributed by atoms with van der Waals surface area (Å²) in [5.74, 6) is -0.0926. The Labute approximate surface area is 91.7 Å². The van der Waals surface area contributed by atoms with Crippen LogP contribution in [0.15, 0.2) is 40.7 Å². The zero-order valence-electron chi connectivity index (χ0n) is 8.41. The van der Waals surface area contributed by atoms with Crippen LogP contribution in [0.3, 0.4) is 0 Å². The quantitative estimate of drug-likeness (QED) is 0.424. The van der Waals surface area contributed by atoms with Gasteiger partial charge in [-0.3, -0.25) is 4.98 Å². The fourth-order valence-corrected chi connectivity index (χ4v) is 1.19. The van der Waals surface area contributed by atoms with E-state index in [1.807, 2.05) is 24.3 Å². The number of fused-ring (bicyclic) bond motifs is 1. The van der Waals surface area contributed by atoms with Gasteiger partial charge in [-0.05, 0) is 12.1 Å². The van der Waals surface area contributed by atoms with E-state index in [0.29, 0.717) is 5.69 Å². The van der Waals surface area contributed by atoms with Crippen molar-refractivity contribution in [3.05, 3.63) is 36.2 Å². The number of hydrogen-bond donors (Lipinski definition) is 2. The molecular formula is C10H10N6. The van der Waals surface area contributed by atoms with Crippen LogP contribution in [0.1, 0.15) is 5.69 Å². The molecule has 2 aromatic rings. The first-order valence-corrected chi connectivity index (χ1v) is 4.59. The Morgan fingerprint density at radius 3 is 2.69 bits per heavy atom. The molecule has 0 aliphatic rings. The molecule has 2 rings (SSSR count). The smallest absolute Gasteiger partial charge is 0.211 e. The molecule has 80 valence electrons. The molecule has 1 aromatic heterocycles. The molecule has 0 fully saturated rings. The highest BCUT2D eigenvalue weighted by molar-refractivity contribution is 5.83. The highest BCUT2D eigenvalue weighted by atomic mass is 15.3. The first-order chi connectivity index (χ1) is 7.75. The maximum atomic E-state index is 5.13. The third-order valence-electron chi connectivity index (χ3n) is 1.83. The maximum Gasteiger partial charge on any atom is 0.211 e. The lowest BCUT2D eigenvalue weighted by Crippen LogP contribution is -2.21. The summed E-state index contributed by atoms with van der Waals surface area (Å²) in [5.41, 5.74) is 12.5. The minimum atomic E-state index is -0.0926. The molecule has 0 aliphatic carbocycles. The molecule has 0 saturated carbocycles. The lowest BCUT2D eigenvalue weighted by molar-refractivity contribution is 1.20. The van der Waals surface area contributed by atoms with E-state index < -0.39 is 0 Å². The molecule has 6 nitrogen and oxygen atoms in total.